The number of nitrogens with one attached hydrogen (secondary N) is 2. The Morgan fingerprint density at radius 2 is 2.15 bits per heavy atom. The Morgan fingerprint density at radius 3 is 2.85 bits per heavy atom. The van der Waals surface area contributed by atoms with Crippen LogP contribution in [0, 0.1) is 5.41 Å². The summed E-state index contributed by atoms with van der Waals surface area (Å²) in [6.07, 6.45) is 1.67. The summed E-state index contributed by atoms with van der Waals surface area (Å²) in [6, 6.07) is 11.8. The zero-order valence-electron chi connectivity index (χ0n) is 15.1. The van der Waals surface area contributed by atoms with Gasteiger partial charge in [0.25, 0.3) is 0 Å². The van der Waals surface area contributed by atoms with Gasteiger partial charge in [-0.1, -0.05) is 35.5 Å². The van der Waals surface area contributed by atoms with E-state index >= 15 is 0 Å². The van der Waals surface area contributed by atoms with Gasteiger partial charge in [0.15, 0.2) is 11.7 Å². The molecule has 0 aliphatic carbocycles. The maximum Gasteiger partial charge on any atom is 0.191 e. The molecule has 1 atom stereocenters. The third-order valence-electron chi connectivity index (χ3n) is 4.74. The molecule has 0 radical (unpaired) electrons. The molecule has 1 aromatic carbocycles. The predicted octanol–water partition coefficient (Wildman–Crippen LogP) is 1.80. The first kappa shape index (κ1) is 18.4. The number of aliphatic hydroxyl groups is 1. The normalized spacial score (nSPS) is 20.3. The third-order valence-corrected chi connectivity index (χ3v) is 4.74. The van der Waals surface area contributed by atoms with Gasteiger partial charge >= 0.3 is 0 Å². The molecule has 2 aromatic rings. The van der Waals surface area contributed by atoms with Crippen LogP contribution in [0.1, 0.15) is 18.5 Å². The molecule has 140 valence electrons. The Morgan fingerprint density at radius 1 is 1.31 bits per heavy atom. The highest BCUT2D eigenvalue weighted by atomic mass is 16.5. The van der Waals surface area contributed by atoms with E-state index in [1.54, 1.807) is 7.05 Å². The number of aliphatic imine (C=N–C) groups is 1. The number of hydrogen-bond donors (Lipinski definition) is 3. The van der Waals surface area contributed by atoms with Gasteiger partial charge in [0.1, 0.15) is 5.69 Å². The van der Waals surface area contributed by atoms with Gasteiger partial charge < -0.3 is 25.0 Å². The summed E-state index contributed by atoms with van der Waals surface area (Å²) in [6.45, 7) is 2.80. The van der Waals surface area contributed by atoms with Crippen LogP contribution in [0.2, 0.25) is 0 Å². The maximum absolute atomic E-state index is 9.31. The molecule has 1 unspecified atom stereocenters. The van der Waals surface area contributed by atoms with E-state index in [4.69, 9.17) is 9.26 Å². The second-order valence-corrected chi connectivity index (χ2v) is 6.60. The molecule has 0 amide bonds. The van der Waals surface area contributed by atoms with E-state index in [2.05, 4.69) is 20.8 Å². The lowest BCUT2D eigenvalue weighted by Crippen LogP contribution is -2.44. The standard InChI is InChI=1S/C19H26N4O3/c1-20-18(22-13-19(7-9-24)8-10-25-14-19)21-12-16-11-17(26-23-16)15-5-3-2-4-6-15/h2-6,11,24H,7-10,12-14H2,1H3,(H2,20,21,22). The zero-order valence-corrected chi connectivity index (χ0v) is 15.1. The summed E-state index contributed by atoms with van der Waals surface area (Å²) in [5.41, 5.74) is 1.78. The molecule has 26 heavy (non-hydrogen) atoms. The summed E-state index contributed by atoms with van der Waals surface area (Å²) >= 11 is 0. The summed E-state index contributed by atoms with van der Waals surface area (Å²) < 4.78 is 10.9. The summed E-state index contributed by atoms with van der Waals surface area (Å²) in [7, 11) is 1.73. The molecule has 0 saturated carbocycles. The first-order chi connectivity index (χ1) is 12.7. The van der Waals surface area contributed by atoms with Crippen LogP contribution in [0.15, 0.2) is 45.9 Å². The molecule has 3 rings (SSSR count). The van der Waals surface area contributed by atoms with Crippen LogP contribution in [-0.4, -0.2) is 49.6 Å². The van der Waals surface area contributed by atoms with E-state index in [-0.39, 0.29) is 12.0 Å². The minimum atomic E-state index is -0.0270. The molecular formula is C19H26N4O3. The molecule has 1 saturated heterocycles. The average Bonchev–Trinajstić information content (AvgIpc) is 3.33. The summed E-state index contributed by atoms with van der Waals surface area (Å²) in [5.74, 6) is 1.44. The monoisotopic (exact) mass is 358 g/mol. The minimum absolute atomic E-state index is 0.0270. The van der Waals surface area contributed by atoms with Gasteiger partial charge in [-0.25, -0.2) is 0 Å². The van der Waals surface area contributed by atoms with Crippen molar-refractivity contribution in [3.8, 4) is 11.3 Å². The Bertz CT molecular complexity index is 709. The van der Waals surface area contributed by atoms with Crippen molar-refractivity contribution in [2.45, 2.75) is 19.4 Å². The SMILES string of the molecule is CN=C(NCc1cc(-c2ccccc2)on1)NCC1(CCO)CCOC1. The van der Waals surface area contributed by atoms with Crippen molar-refractivity contribution in [3.05, 3.63) is 42.1 Å². The fourth-order valence-corrected chi connectivity index (χ4v) is 3.11. The average molecular weight is 358 g/mol. The molecule has 0 bridgehead atoms. The third kappa shape index (κ3) is 4.62. The van der Waals surface area contributed by atoms with E-state index in [9.17, 15) is 5.11 Å². The van der Waals surface area contributed by atoms with Crippen LogP contribution in [0.25, 0.3) is 11.3 Å². The Hall–Kier alpha value is -2.38. The highest BCUT2D eigenvalue weighted by molar-refractivity contribution is 5.79. The first-order valence-corrected chi connectivity index (χ1v) is 8.89. The lowest BCUT2D eigenvalue weighted by atomic mass is 9.84. The highest BCUT2D eigenvalue weighted by Crippen LogP contribution is 2.31. The Balaban J connectivity index is 1.52. The van der Waals surface area contributed by atoms with Crippen molar-refractivity contribution in [2.75, 3.05) is 33.4 Å². The predicted molar refractivity (Wildman–Crippen MR) is 99.7 cm³/mol. The molecule has 7 nitrogen and oxygen atoms in total. The van der Waals surface area contributed by atoms with Gasteiger partial charge in [-0.3, -0.25) is 4.99 Å². The van der Waals surface area contributed by atoms with Crippen LogP contribution in [-0.2, 0) is 11.3 Å². The topological polar surface area (TPSA) is 91.9 Å². The lowest BCUT2D eigenvalue weighted by Gasteiger charge is -2.27. The number of nitrogens with zero attached hydrogens (tertiary/aromatic N) is 2. The molecule has 1 aromatic heterocycles. The number of aliphatic hydroxyl groups excluding tert-OH is 1. The van der Waals surface area contributed by atoms with Crippen LogP contribution < -0.4 is 10.6 Å². The van der Waals surface area contributed by atoms with Crippen LogP contribution >= 0.6 is 0 Å². The van der Waals surface area contributed by atoms with Crippen LogP contribution in [0.5, 0.6) is 0 Å². The minimum Gasteiger partial charge on any atom is -0.396 e. The van der Waals surface area contributed by atoms with Gasteiger partial charge in [0, 0.05) is 43.9 Å². The van der Waals surface area contributed by atoms with Crippen molar-refractivity contribution < 1.29 is 14.4 Å². The number of hydrogen-bond acceptors (Lipinski definition) is 5. The van der Waals surface area contributed by atoms with Gasteiger partial charge in [-0.15, -0.1) is 0 Å². The molecule has 2 heterocycles. The van der Waals surface area contributed by atoms with Crippen molar-refractivity contribution in [3.63, 3.8) is 0 Å². The van der Waals surface area contributed by atoms with E-state index in [1.807, 2.05) is 36.4 Å². The van der Waals surface area contributed by atoms with Gasteiger partial charge in [-0.2, -0.15) is 0 Å². The molecule has 0 spiro atoms. The molecule has 1 aliphatic heterocycles. The number of benzene rings is 1. The smallest absolute Gasteiger partial charge is 0.191 e. The Kier molecular flexibility index (Phi) is 6.25. The number of rotatable bonds is 7. The molecular weight excluding hydrogens is 332 g/mol. The number of guanidine groups is 1. The van der Waals surface area contributed by atoms with E-state index < -0.39 is 0 Å². The quantitative estimate of drug-likeness (QED) is 0.516. The fourth-order valence-electron chi connectivity index (χ4n) is 3.11. The van der Waals surface area contributed by atoms with Crippen molar-refractivity contribution in [1.29, 1.82) is 0 Å². The largest absolute Gasteiger partial charge is 0.396 e. The maximum atomic E-state index is 9.31. The van der Waals surface area contributed by atoms with Crippen molar-refractivity contribution in [2.24, 2.45) is 10.4 Å². The fraction of sp³-hybridized carbons (Fsp3) is 0.474. The van der Waals surface area contributed by atoms with Gasteiger partial charge in [0.05, 0.1) is 13.2 Å². The second kappa shape index (κ2) is 8.82. The molecule has 1 fully saturated rings. The first-order valence-electron chi connectivity index (χ1n) is 8.89. The van der Waals surface area contributed by atoms with E-state index in [1.165, 1.54) is 0 Å². The Labute approximate surface area is 153 Å². The molecule has 3 N–H and O–H groups in total. The summed E-state index contributed by atoms with van der Waals surface area (Å²) in [4.78, 5) is 4.25. The highest BCUT2D eigenvalue weighted by Gasteiger charge is 2.34. The van der Waals surface area contributed by atoms with Gasteiger partial charge in [-0.05, 0) is 12.8 Å². The molecule has 1 aliphatic rings. The lowest BCUT2D eigenvalue weighted by molar-refractivity contribution is 0.127. The van der Waals surface area contributed by atoms with E-state index in [0.717, 1.165) is 36.5 Å². The van der Waals surface area contributed by atoms with Gasteiger partial charge in [0.2, 0.25) is 0 Å². The van der Waals surface area contributed by atoms with E-state index in [0.29, 0.717) is 25.7 Å². The second-order valence-electron chi connectivity index (χ2n) is 6.60. The van der Waals surface area contributed by atoms with Crippen LogP contribution in [0.3, 0.4) is 0 Å². The zero-order chi connectivity index (χ0) is 18.2. The van der Waals surface area contributed by atoms with Crippen molar-refractivity contribution in [1.82, 2.24) is 15.8 Å². The number of ether oxygens (including phenoxy) is 1. The summed E-state index contributed by atoms with van der Waals surface area (Å²) in [5, 5.41) is 20.0. The van der Waals surface area contributed by atoms with Crippen molar-refractivity contribution >= 4 is 5.96 Å². The molecule has 7 heteroatoms. The van der Waals surface area contributed by atoms with Crippen LogP contribution in [0.4, 0.5) is 0 Å². The number of aromatic nitrogens is 1.